The third-order valence-electron chi connectivity index (χ3n) is 4.89. The maximum Gasteiger partial charge on any atom is 0.254 e. The number of likely N-dealkylation sites (tertiary alicyclic amines) is 1. The summed E-state index contributed by atoms with van der Waals surface area (Å²) >= 11 is 0. The van der Waals surface area contributed by atoms with E-state index >= 15 is 0 Å². The number of nitrogens with zero attached hydrogens (tertiary/aromatic N) is 2. The van der Waals surface area contributed by atoms with Crippen LogP contribution in [0, 0.1) is 11.7 Å². The minimum atomic E-state index is -0.506. The van der Waals surface area contributed by atoms with Crippen LogP contribution in [0.2, 0.25) is 0 Å². The van der Waals surface area contributed by atoms with Crippen molar-refractivity contribution >= 4 is 5.91 Å². The van der Waals surface area contributed by atoms with Crippen molar-refractivity contribution < 1.29 is 18.7 Å². The van der Waals surface area contributed by atoms with Crippen LogP contribution >= 0.6 is 0 Å². The molecule has 2 aliphatic rings. The molecule has 1 aromatic rings. The van der Waals surface area contributed by atoms with Gasteiger partial charge in [0.15, 0.2) is 11.6 Å². The second kappa shape index (κ2) is 6.84. The van der Waals surface area contributed by atoms with Crippen LogP contribution in [0.1, 0.15) is 16.8 Å². The van der Waals surface area contributed by atoms with Crippen molar-refractivity contribution in [3.63, 3.8) is 0 Å². The third-order valence-corrected chi connectivity index (χ3v) is 4.89. The average molecular weight is 322 g/mol. The second-order valence-electron chi connectivity index (χ2n) is 6.27. The molecule has 0 N–H and O–H groups in total. The number of carbonyl (C=O) groups excluding carboxylic acids is 1. The molecule has 2 saturated heterocycles. The van der Waals surface area contributed by atoms with Crippen LogP contribution in [0.3, 0.4) is 0 Å². The molecular weight excluding hydrogens is 299 g/mol. The Labute approximate surface area is 136 Å². The van der Waals surface area contributed by atoms with Gasteiger partial charge in [0.1, 0.15) is 0 Å². The molecule has 0 aromatic heterocycles. The molecule has 5 nitrogen and oxygen atoms in total. The van der Waals surface area contributed by atoms with E-state index in [4.69, 9.17) is 9.47 Å². The van der Waals surface area contributed by atoms with Gasteiger partial charge in [-0.25, -0.2) is 4.39 Å². The van der Waals surface area contributed by atoms with Gasteiger partial charge in [-0.05, 0) is 31.7 Å². The van der Waals surface area contributed by atoms with Gasteiger partial charge in [0, 0.05) is 37.2 Å². The second-order valence-corrected chi connectivity index (χ2v) is 6.27. The van der Waals surface area contributed by atoms with Crippen molar-refractivity contribution in [2.75, 3.05) is 47.0 Å². The fraction of sp³-hybridized carbons (Fsp3) is 0.588. The van der Waals surface area contributed by atoms with Crippen LogP contribution in [0.5, 0.6) is 5.75 Å². The van der Waals surface area contributed by atoms with Crippen LogP contribution in [-0.2, 0) is 4.74 Å². The van der Waals surface area contributed by atoms with Crippen molar-refractivity contribution in [1.82, 2.24) is 9.80 Å². The normalized spacial score (nSPS) is 25.6. The van der Waals surface area contributed by atoms with Gasteiger partial charge in [-0.2, -0.15) is 0 Å². The van der Waals surface area contributed by atoms with Crippen LogP contribution in [0.25, 0.3) is 0 Å². The van der Waals surface area contributed by atoms with Crippen LogP contribution in [0.15, 0.2) is 18.2 Å². The highest BCUT2D eigenvalue weighted by Gasteiger charge is 2.35. The van der Waals surface area contributed by atoms with Gasteiger partial charge in [-0.3, -0.25) is 9.69 Å². The molecule has 2 heterocycles. The lowest BCUT2D eigenvalue weighted by atomic mass is 9.91. The van der Waals surface area contributed by atoms with Gasteiger partial charge in [0.25, 0.3) is 5.91 Å². The van der Waals surface area contributed by atoms with Crippen molar-refractivity contribution in [2.24, 2.45) is 5.92 Å². The number of likely N-dealkylation sites (N-methyl/N-ethyl adjacent to an activating group) is 1. The number of piperidine rings is 1. The van der Waals surface area contributed by atoms with E-state index in [2.05, 4.69) is 11.9 Å². The van der Waals surface area contributed by atoms with Gasteiger partial charge >= 0.3 is 0 Å². The standard InChI is InChI=1S/C17H23FN2O3/c1-19-7-8-23-11-13-5-6-20(10-15(13)19)17(21)12-3-4-16(22-2)14(18)9-12/h3-4,9,13,15H,5-8,10-11H2,1-2H3. The van der Waals surface area contributed by atoms with E-state index in [-0.39, 0.29) is 11.7 Å². The summed E-state index contributed by atoms with van der Waals surface area (Å²) < 4.78 is 24.4. The van der Waals surface area contributed by atoms with Crippen LogP contribution in [0.4, 0.5) is 4.39 Å². The molecule has 0 radical (unpaired) electrons. The lowest BCUT2D eigenvalue weighted by molar-refractivity contribution is 0.0433. The zero-order chi connectivity index (χ0) is 16.4. The van der Waals surface area contributed by atoms with E-state index in [1.165, 1.54) is 19.2 Å². The number of carbonyl (C=O) groups is 1. The predicted octanol–water partition coefficient (Wildman–Crippen LogP) is 1.63. The first-order valence-electron chi connectivity index (χ1n) is 8.01. The number of rotatable bonds is 2. The predicted molar refractivity (Wildman–Crippen MR) is 84.2 cm³/mol. The van der Waals surface area contributed by atoms with Crippen molar-refractivity contribution in [3.8, 4) is 5.75 Å². The van der Waals surface area contributed by atoms with E-state index in [9.17, 15) is 9.18 Å². The Bertz CT molecular complexity index is 581. The lowest BCUT2D eigenvalue weighted by Crippen LogP contribution is -2.53. The molecule has 3 rings (SSSR count). The zero-order valence-electron chi connectivity index (χ0n) is 13.6. The molecule has 0 spiro atoms. The first kappa shape index (κ1) is 16.2. The van der Waals surface area contributed by atoms with Gasteiger partial charge in [0.05, 0.1) is 20.3 Å². The highest BCUT2D eigenvalue weighted by Crippen LogP contribution is 2.26. The average Bonchev–Trinajstić information content (AvgIpc) is 2.75. The Morgan fingerprint density at radius 1 is 1.39 bits per heavy atom. The largest absolute Gasteiger partial charge is 0.494 e. The molecule has 0 aliphatic carbocycles. The fourth-order valence-corrected chi connectivity index (χ4v) is 3.45. The minimum absolute atomic E-state index is 0.122. The summed E-state index contributed by atoms with van der Waals surface area (Å²) in [5.41, 5.74) is 0.370. The molecule has 2 atom stereocenters. The number of hydrogen-bond acceptors (Lipinski definition) is 4. The highest BCUT2D eigenvalue weighted by molar-refractivity contribution is 5.94. The topological polar surface area (TPSA) is 42.0 Å². The Morgan fingerprint density at radius 2 is 2.22 bits per heavy atom. The molecule has 2 unspecified atom stereocenters. The van der Waals surface area contributed by atoms with Gasteiger partial charge in [-0.15, -0.1) is 0 Å². The molecule has 0 bridgehead atoms. The molecule has 23 heavy (non-hydrogen) atoms. The molecule has 1 aromatic carbocycles. The first-order valence-corrected chi connectivity index (χ1v) is 8.01. The maximum atomic E-state index is 13.8. The smallest absolute Gasteiger partial charge is 0.254 e. The molecule has 1 amide bonds. The third kappa shape index (κ3) is 3.33. The van der Waals surface area contributed by atoms with Gasteiger partial charge < -0.3 is 14.4 Å². The molecule has 2 aliphatic heterocycles. The number of benzene rings is 1. The summed E-state index contributed by atoms with van der Waals surface area (Å²) in [6, 6.07) is 4.68. The van der Waals surface area contributed by atoms with E-state index in [0.717, 1.165) is 26.2 Å². The quantitative estimate of drug-likeness (QED) is 0.830. The molecule has 6 heteroatoms. The lowest BCUT2D eigenvalue weighted by Gasteiger charge is -2.41. The SMILES string of the molecule is COc1ccc(C(=O)N2CCC3COCCN(C)C3C2)cc1F. The van der Waals surface area contributed by atoms with Crippen molar-refractivity contribution in [3.05, 3.63) is 29.6 Å². The zero-order valence-corrected chi connectivity index (χ0v) is 13.6. The Hall–Kier alpha value is -1.66. The Balaban J connectivity index is 1.74. The summed E-state index contributed by atoms with van der Waals surface area (Å²) in [5, 5.41) is 0. The number of fused-ring (bicyclic) bond motifs is 1. The van der Waals surface area contributed by atoms with E-state index in [0.29, 0.717) is 30.6 Å². The Kier molecular flexibility index (Phi) is 4.82. The summed E-state index contributed by atoms with van der Waals surface area (Å²) in [5.74, 6) is -0.0168. The van der Waals surface area contributed by atoms with E-state index in [1.54, 1.807) is 6.07 Å². The summed E-state index contributed by atoms with van der Waals surface area (Å²) in [4.78, 5) is 16.8. The summed E-state index contributed by atoms with van der Waals surface area (Å²) in [6.07, 6.45) is 0.916. The molecule has 126 valence electrons. The number of halogens is 1. The summed E-state index contributed by atoms with van der Waals surface area (Å²) in [7, 11) is 3.49. The minimum Gasteiger partial charge on any atom is -0.494 e. The molecular formula is C17H23FN2O3. The van der Waals surface area contributed by atoms with E-state index < -0.39 is 5.82 Å². The van der Waals surface area contributed by atoms with Crippen molar-refractivity contribution in [2.45, 2.75) is 12.5 Å². The maximum absolute atomic E-state index is 13.8. The fourth-order valence-electron chi connectivity index (χ4n) is 3.45. The van der Waals surface area contributed by atoms with Crippen molar-refractivity contribution in [1.29, 1.82) is 0 Å². The van der Waals surface area contributed by atoms with Gasteiger partial charge in [-0.1, -0.05) is 0 Å². The van der Waals surface area contributed by atoms with E-state index in [1.807, 2.05) is 4.90 Å². The number of hydrogen-bond donors (Lipinski definition) is 0. The number of ether oxygens (including phenoxy) is 2. The molecule has 2 fully saturated rings. The first-order chi connectivity index (χ1) is 11.1. The summed E-state index contributed by atoms with van der Waals surface area (Å²) in [6.45, 7) is 3.72. The number of methoxy groups -OCH3 is 1. The van der Waals surface area contributed by atoms with Crippen LogP contribution < -0.4 is 4.74 Å². The van der Waals surface area contributed by atoms with Crippen LogP contribution in [-0.4, -0.2) is 68.8 Å². The molecule has 0 saturated carbocycles. The monoisotopic (exact) mass is 322 g/mol. The Morgan fingerprint density at radius 3 is 2.96 bits per heavy atom. The highest BCUT2D eigenvalue weighted by atomic mass is 19.1. The van der Waals surface area contributed by atoms with Gasteiger partial charge in [0.2, 0.25) is 0 Å². The number of amides is 1.